The smallest absolute Gasteiger partial charge is 0.394 e. The van der Waals surface area contributed by atoms with Gasteiger partial charge in [0.15, 0.2) is 28.6 Å². The normalized spacial score (nSPS) is 29.4. The second-order valence-corrected chi connectivity index (χ2v) is 11.9. The van der Waals surface area contributed by atoms with Gasteiger partial charge in [-0.3, -0.25) is 37.3 Å². The first kappa shape index (κ1) is 30.6. The average molecular weight is 661 g/mol. The van der Waals surface area contributed by atoms with Gasteiger partial charge < -0.3 is 44.7 Å². The molecule has 4 aromatic rings. The molecule has 0 aliphatic carbocycles. The number of aromatic nitrogens is 8. The lowest BCUT2D eigenvalue weighted by Crippen LogP contribution is -2.35. The van der Waals surface area contributed by atoms with Crippen molar-refractivity contribution in [1.29, 1.82) is 0 Å². The maximum absolute atomic E-state index is 13.1. The van der Waals surface area contributed by atoms with E-state index in [-0.39, 0.29) is 34.7 Å². The van der Waals surface area contributed by atoms with Crippen LogP contribution in [0.5, 0.6) is 0 Å². The number of hydrogen-bond acceptors (Lipinski definition) is 16. The van der Waals surface area contributed by atoms with Crippen LogP contribution in [0, 0.1) is 0 Å². The highest BCUT2D eigenvalue weighted by Crippen LogP contribution is 2.50. The molecule has 238 valence electrons. The molecular formula is C20H25N9O13P2. The van der Waals surface area contributed by atoms with Gasteiger partial charge in [0, 0.05) is 6.42 Å². The average Bonchev–Trinajstić information content (AvgIpc) is 3.73. The number of imidazole rings is 2. The largest absolute Gasteiger partial charge is 0.472 e. The summed E-state index contributed by atoms with van der Waals surface area (Å²) in [6.07, 6.45) is -5.81. The van der Waals surface area contributed by atoms with Crippen LogP contribution in [0.25, 0.3) is 22.3 Å². The zero-order valence-corrected chi connectivity index (χ0v) is 24.0. The van der Waals surface area contributed by atoms with E-state index in [2.05, 4.69) is 29.9 Å². The molecule has 9 atom stereocenters. The fourth-order valence-corrected chi connectivity index (χ4v) is 6.48. The first-order valence-corrected chi connectivity index (χ1v) is 15.5. The van der Waals surface area contributed by atoms with Crippen LogP contribution in [-0.2, 0) is 32.2 Å². The van der Waals surface area contributed by atoms with Crippen LogP contribution in [0.3, 0.4) is 0 Å². The van der Waals surface area contributed by atoms with E-state index in [9.17, 15) is 38.7 Å². The molecule has 2 saturated heterocycles. The standard InChI is InChI=1S/C20H25N9O13P2/c21-20-26-16-12(18(33)27-20)25-6-29(16)19-14(13(31)8(2-30)40-19)42-44(36,37)38-3-9-7(41-43(34)35)1-10(39-9)28-5-24-11-15(28)22-4-23-17(11)32/h4-10,13-14,19,30-31,43H,1-3H2,(H,34,35)(H,36,37)(H,22,23,32)(H3,21,26,27,33)/t7?,8-,9-,10-,13?,14?,19-/m1/s1. The van der Waals surface area contributed by atoms with E-state index in [1.807, 2.05) is 0 Å². The van der Waals surface area contributed by atoms with Crippen molar-refractivity contribution in [2.24, 2.45) is 0 Å². The molecular weight excluding hydrogens is 636 g/mol. The van der Waals surface area contributed by atoms with Gasteiger partial charge >= 0.3 is 16.1 Å². The van der Waals surface area contributed by atoms with E-state index in [1.54, 1.807) is 0 Å². The number of aromatic amines is 2. The van der Waals surface area contributed by atoms with Crippen molar-refractivity contribution >= 4 is 44.4 Å². The molecule has 44 heavy (non-hydrogen) atoms. The molecule has 2 aliphatic rings. The molecule has 2 fully saturated rings. The van der Waals surface area contributed by atoms with Crippen LogP contribution in [0.2, 0.25) is 0 Å². The molecule has 2 aliphatic heterocycles. The zero-order chi connectivity index (χ0) is 31.3. The van der Waals surface area contributed by atoms with Crippen molar-refractivity contribution in [3.8, 4) is 0 Å². The maximum Gasteiger partial charge on any atom is 0.472 e. The van der Waals surface area contributed by atoms with Crippen molar-refractivity contribution in [2.75, 3.05) is 18.9 Å². The van der Waals surface area contributed by atoms with Crippen LogP contribution in [0.15, 0.2) is 28.6 Å². The Morgan fingerprint density at radius 1 is 1.11 bits per heavy atom. The summed E-state index contributed by atoms with van der Waals surface area (Å²) in [4.78, 5) is 64.9. The van der Waals surface area contributed by atoms with Crippen molar-refractivity contribution in [1.82, 2.24) is 39.0 Å². The lowest BCUT2D eigenvalue weighted by Gasteiger charge is -2.25. The van der Waals surface area contributed by atoms with E-state index in [1.165, 1.54) is 10.9 Å². The Morgan fingerprint density at radius 3 is 2.57 bits per heavy atom. The minimum absolute atomic E-state index is 0.0125. The topological polar surface area (TPSA) is 314 Å². The number of phosphoric acid groups is 1. The number of anilines is 1. The zero-order valence-electron chi connectivity index (χ0n) is 22.1. The SMILES string of the molecule is Nc1nc2c(ncn2[C@@H]2O[C@H](CO)C(O)C2OP(=O)(O)OC[C@H]2O[C@@H](n3cnc4c(=O)[nH]cnc43)CC2O[PH](=O)O)c(=O)[nH]1. The van der Waals surface area contributed by atoms with Crippen LogP contribution in [-0.4, -0.2) is 103 Å². The lowest BCUT2D eigenvalue weighted by atomic mass is 10.1. The lowest BCUT2D eigenvalue weighted by molar-refractivity contribution is -0.0579. The Kier molecular flexibility index (Phi) is 8.24. The molecule has 5 unspecified atom stereocenters. The highest BCUT2D eigenvalue weighted by Gasteiger charge is 2.50. The number of ether oxygens (including phenoxy) is 2. The number of nitrogen functional groups attached to an aromatic ring is 1. The van der Waals surface area contributed by atoms with E-state index < -0.39 is 83.4 Å². The summed E-state index contributed by atoms with van der Waals surface area (Å²) >= 11 is 0. The van der Waals surface area contributed by atoms with E-state index in [0.29, 0.717) is 0 Å². The summed E-state index contributed by atoms with van der Waals surface area (Å²) in [6.45, 7) is -1.42. The first-order valence-electron chi connectivity index (χ1n) is 12.7. The van der Waals surface area contributed by atoms with Gasteiger partial charge in [-0.2, -0.15) is 4.98 Å². The molecule has 6 rings (SSSR count). The maximum atomic E-state index is 13.1. The summed E-state index contributed by atoms with van der Waals surface area (Å²) in [6, 6.07) is 0. The third-order valence-electron chi connectivity index (χ3n) is 6.98. The number of nitrogens with one attached hydrogen (secondary N) is 2. The molecule has 8 N–H and O–H groups in total. The molecule has 0 spiro atoms. The third kappa shape index (κ3) is 5.73. The van der Waals surface area contributed by atoms with Crippen LogP contribution >= 0.6 is 16.1 Å². The second-order valence-electron chi connectivity index (χ2n) is 9.69. The van der Waals surface area contributed by atoms with Crippen molar-refractivity contribution in [3.63, 3.8) is 0 Å². The van der Waals surface area contributed by atoms with Gasteiger partial charge in [-0.15, -0.1) is 0 Å². The highest BCUT2D eigenvalue weighted by molar-refractivity contribution is 7.47. The molecule has 0 radical (unpaired) electrons. The molecule has 0 aromatic carbocycles. The summed E-state index contributed by atoms with van der Waals surface area (Å²) in [5.74, 6) is -0.265. The molecule has 0 bridgehead atoms. The van der Waals surface area contributed by atoms with Crippen molar-refractivity contribution in [2.45, 2.75) is 49.4 Å². The van der Waals surface area contributed by atoms with Gasteiger partial charge in [0.25, 0.3) is 11.1 Å². The van der Waals surface area contributed by atoms with Gasteiger partial charge in [-0.1, -0.05) is 0 Å². The van der Waals surface area contributed by atoms with E-state index >= 15 is 0 Å². The Labute approximate surface area is 243 Å². The second kappa shape index (κ2) is 11.8. The fraction of sp³-hybridized carbons (Fsp3) is 0.500. The molecule has 24 heteroatoms. The van der Waals surface area contributed by atoms with Gasteiger partial charge in [0.05, 0.1) is 38.3 Å². The molecule has 22 nitrogen and oxygen atoms in total. The number of nitrogens with zero attached hydrogens (tertiary/aromatic N) is 6. The minimum Gasteiger partial charge on any atom is -0.394 e. The van der Waals surface area contributed by atoms with Gasteiger partial charge in [0.2, 0.25) is 5.95 Å². The van der Waals surface area contributed by atoms with Crippen LogP contribution in [0.4, 0.5) is 5.95 Å². The highest BCUT2D eigenvalue weighted by atomic mass is 31.2. The number of nitrogens with two attached hydrogens (primary N) is 1. The molecule has 6 heterocycles. The molecule has 0 amide bonds. The first-order chi connectivity index (χ1) is 21.0. The van der Waals surface area contributed by atoms with Crippen LogP contribution in [0.1, 0.15) is 18.9 Å². The van der Waals surface area contributed by atoms with Crippen molar-refractivity contribution < 1.29 is 52.2 Å². The predicted octanol–water partition coefficient (Wildman–Crippen LogP) is -2.36. The number of aliphatic hydroxyl groups excluding tert-OH is 2. The van der Waals surface area contributed by atoms with Crippen molar-refractivity contribution in [3.05, 3.63) is 39.7 Å². The Hall–Kier alpha value is -3.40. The van der Waals surface area contributed by atoms with Gasteiger partial charge in [0.1, 0.15) is 30.6 Å². The number of fused-ring (bicyclic) bond motifs is 2. The third-order valence-corrected chi connectivity index (χ3v) is 8.47. The summed E-state index contributed by atoms with van der Waals surface area (Å²) < 4.78 is 54.1. The number of rotatable bonds is 10. The van der Waals surface area contributed by atoms with Crippen LogP contribution < -0.4 is 16.9 Å². The predicted molar refractivity (Wildman–Crippen MR) is 143 cm³/mol. The van der Waals surface area contributed by atoms with E-state index in [4.69, 9.17) is 28.8 Å². The Balaban J connectivity index is 1.21. The number of hydrogen-bond donors (Lipinski definition) is 7. The molecule has 4 aromatic heterocycles. The number of phosphoric ester groups is 1. The summed E-state index contributed by atoms with van der Waals surface area (Å²) in [7, 11) is -8.58. The minimum atomic E-state index is -5.09. The Bertz CT molecular complexity index is 1880. The monoisotopic (exact) mass is 661 g/mol. The number of aliphatic hydroxyl groups is 2. The summed E-state index contributed by atoms with van der Waals surface area (Å²) in [5.41, 5.74) is 4.35. The van der Waals surface area contributed by atoms with Gasteiger partial charge in [-0.25, -0.2) is 19.5 Å². The quantitative estimate of drug-likeness (QED) is 0.0874. The molecule has 0 saturated carbocycles. The van der Waals surface area contributed by atoms with E-state index in [0.717, 1.165) is 17.2 Å². The number of H-pyrrole nitrogens is 2. The van der Waals surface area contributed by atoms with Gasteiger partial charge in [-0.05, 0) is 0 Å². The summed E-state index contributed by atoms with van der Waals surface area (Å²) in [5, 5.41) is 20.4. The fourth-order valence-electron chi connectivity index (χ4n) is 5.04. The Morgan fingerprint density at radius 2 is 1.84 bits per heavy atom.